The Kier molecular flexibility index (Phi) is 2.08. The molecule has 0 aromatic rings. The number of hydrogen-bond donors (Lipinski definition) is 0. The number of rotatable bonds is 2. The summed E-state index contributed by atoms with van der Waals surface area (Å²) >= 11 is 0. The van der Waals surface area contributed by atoms with Gasteiger partial charge >= 0.3 is 0 Å². The van der Waals surface area contributed by atoms with E-state index in [2.05, 4.69) is 0 Å². The molecular weight excluding hydrogens is 160 g/mol. The lowest BCUT2D eigenvalue weighted by molar-refractivity contribution is 0.173. The van der Waals surface area contributed by atoms with Gasteiger partial charge in [0.25, 0.3) is 0 Å². The Morgan fingerprint density at radius 2 is 2.08 bits per heavy atom. The minimum atomic E-state index is 0.921. The largest absolute Gasteiger partial charge is 0.381 e. The van der Waals surface area contributed by atoms with Crippen LogP contribution in [0.2, 0.25) is 0 Å². The zero-order valence-corrected chi connectivity index (χ0v) is 8.37. The first kappa shape index (κ1) is 8.28. The molecule has 13 heavy (non-hydrogen) atoms. The summed E-state index contributed by atoms with van der Waals surface area (Å²) in [5, 5.41) is 0. The van der Waals surface area contributed by atoms with Crippen LogP contribution in [0.1, 0.15) is 38.5 Å². The highest BCUT2D eigenvalue weighted by Crippen LogP contribution is 2.50. The Labute approximate surface area is 80.8 Å². The summed E-state index contributed by atoms with van der Waals surface area (Å²) in [7, 11) is 0. The Hall–Kier alpha value is -0.0400. The van der Waals surface area contributed by atoms with Gasteiger partial charge in [0.15, 0.2) is 0 Å². The van der Waals surface area contributed by atoms with E-state index in [0.29, 0.717) is 0 Å². The van der Waals surface area contributed by atoms with Crippen molar-refractivity contribution >= 4 is 0 Å². The molecule has 3 fully saturated rings. The number of fused-ring (bicyclic) bond motifs is 2. The van der Waals surface area contributed by atoms with Gasteiger partial charge in [-0.1, -0.05) is 6.42 Å². The maximum atomic E-state index is 5.45. The molecule has 0 amide bonds. The van der Waals surface area contributed by atoms with Crippen molar-refractivity contribution in [2.24, 2.45) is 23.7 Å². The SMILES string of the molecule is C1CC(CC2CC3CCC2C3)CO1. The number of hydrogen-bond acceptors (Lipinski definition) is 1. The second-order valence-electron chi connectivity index (χ2n) is 5.40. The van der Waals surface area contributed by atoms with Gasteiger partial charge < -0.3 is 4.74 Å². The van der Waals surface area contributed by atoms with Crippen LogP contribution in [0.3, 0.4) is 0 Å². The first-order valence-corrected chi connectivity index (χ1v) is 5.99. The fraction of sp³-hybridized carbons (Fsp3) is 1.00. The first-order valence-electron chi connectivity index (χ1n) is 5.99. The van der Waals surface area contributed by atoms with Crippen LogP contribution in [0.25, 0.3) is 0 Å². The molecule has 74 valence electrons. The van der Waals surface area contributed by atoms with Crippen LogP contribution in [0.5, 0.6) is 0 Å². The van der Waals surface area contributed by atoms with E-state index in [0.717, 1.165) is 36.9 Å². The van der Waals surface area contributed by atoms with Gasteiger partial charge in [0.2, 0.25) is 0 Å². The third-order valence-corrected chi connectivity index (χ3v) is 4.54. The number of ether oxygens (including phenoxy) is 1. The van der Waals surface area contributed by atoms with E-state index in [-0.39, 0.29) is 0 Å². The van der Waals surface area contributed by atoms with Crippen LogP contribution in [0.4, 0.5) is 0 Å². The van der Waals surface area contributed by atoms with E-state index in [9.17, 15) is 0 Å². The molecule has 3 rings (SSSR count). The lowest BCUT2D eigenvalue weighted by atomic mass is 9.82. The average Bonchev–Trinajstić information content (AvgIpc) is 2.77. The molecule has 2 saturated carbocycles. The lowest BCUT2D eigenvalue weighted by Gasteiger charge is -2.23. The molecule has 4 unspecified atom stereocenters. The topological polar surface area (TPSA) is 9.23 Å². The molecule has 0 aromatic heterocycles. The monoisotopic (exact) mass is 180 g/mol. The van der Waals surface area contributed by atoms with Crippen molar-refractivity contribution in [1.29, 1.82) is 0 Å². The van der Waals surface area contributed by atoms with Crippen LogP contribution in [-0.2, 0) is 4.74 Å². The highest BCUT2D eigenvalue weighted by atomic mass is 16.5. The van der Waals surface area contributed by atoms with Crippen molar-refractivity contribution in [1.82, 2.24) is 0 Å². The van der Waals surface area contributed by atoms with Crippen molar-refractivity contribution < 1.29 is 4.74 Å². The Morgan fingerprint density at radius 1 is 1.08 bits per heavy atom. The van der Waals surface area contributed by atoms with Crippen molar-refractivity contribution in [2.75, 3.05) is 13.2 Å². The van der Waals surface area contributed by atoms with Crippen LogP contribution >= 0.6 is 0 Å². The normalized spacial score (nSPS) is 48.9. The maximum Gasteiger partial charge on any atom is 0.0495 e. The molecule has 1 nitrogen and oxygen atoms in total. The molecule has 3 aliphatic rings. The molecule has 0 N–H and O–H groups in total. The minimum absolute atomic E-state index is 0.921. The Balaban J connectivity index is 1.55. The van der Waals surface area contributed by atoms with Crippen molar-refractivity contribution in [3.8, 4) is 0 Å². The second kappa shape index (κ2) is 3.27. The van der Waals surface area contributed by atoms with Crippen molar-refractivity contribution in [2.45, 2.75) is 38.5 Å². The van der Waals surface area contributed by atoms with Gasteiger partial charge in [-0.05, 0) is 55.8 Å². The van der Waals surface area contributed by atoms with Crippen molar-refractivity contribution in [3.63, 3.8) is 0 Å². The summed E-state index contributed by atoms with van der Waals surface area (Å²) in [5.41, 5.74) is 0. The van der Waals surface area contributed by atoms with E-state index >= 15 is 0 Å². The van der Waals surface area contributed by atoms with Gasteiger partial charge in [-0.15, -0.1) is 0 Å². The molecule has 0 aromatic carbocycles. The van der Waals surface area contributed by atoms with Crippen LogP contribution in [0, 0.1) is 23.7 Å². The van der Waals surface area contributed by atoms with Crippen molar-refractivity contribution in [3.05, 3.63) is 0 Å². The molecule has 2 aliphatic carbocycles. The van der Waals surface area contributed by atoms with Crippen LogP contribution < -0.4 is 0 Å². The maximum absolute atomic E-state index is 5.45. The zero-order valence-electron chi connectivity index (χ0n) is 8.37. The van der Waals surface area contributed by atoms with Crippen LogP contribution in [0.15, 0.2) is 0 Å². The van der Waals surface area contributed by atoms with Gasteiger partial charge in [-0.3, -0.25) is 0 Å². The molecule has 1 heteroatoms. The fourth-order valence-corrected chi connectivity index (χ4v) is 3.86. The molecular formula is C12H20O. The van der Waals surface area contributed by atoms with Gasteiger partial charge in [0.05, 0.1) is 0 Å². The van der Waals surface area contributed by atoms with Crippen LogP contribution in [-0.4, -0.2) is 13.2 Å². The summed E-state index contributed by atoms with van der Waals surface area (Å²) in [6, 6.07) is 0. The van der Waals surface area contributed by atoms with Gasteiger partial charge in [-0.2, -0.15) is 0 Å². The quantitative estimate of drug-likeness (QED) is 0.635. The Morgan fingerprint density at radius 3 is 2.69 bits per heavy atom. The summed E-state index contributed by atoms with van der Waals surface area (Å²) in [6.45, 7) is 2.10. The molecule has 2 bridgehead atoms. The molecule has 1 heterocycles. The third-order valence-electron chi connectivity index (χ3n) is 4.54. The summed E-state index contributed by atoms with van der Waals surface area (Å²) in [6.07, 6.45) is 9.04. The zero-order chi connectivity index (χ0) is 8.67. The van der Waals surface area contributed by atoms with Gasteiger partial charge in [-0.25, -0.2) is 0 Å². The molecule has 4 atom stereocenters. The summed E-state index contributed by atoms with van der Waals surface area (Å²) < 4.78 is 5.45. The minimum Gasteiger partial charge on any atom is -0.381 e. The highest BCUT2D eigenvalue weighted by molar-refractivity contribution is 4.91. The third kappa shape index (κ3) is 1.52. The summed E-state index contributed by atoms with van der Waals surface area (Å²) in [4.78, 5) is 0. The lowest BCUT2D eigenvalue weighted by Crippen LogP contribution is -2.15. The van der Waals surface area contributed by atoms with E-state index in [4.69, 9.17) is 4.74 Å². The predicted molar refractivity (Wildman–Crippen MR) is 52.5 cm³/mol. The van der Waals surface area contributed by atoms with Gasteiger partial charge in [0, 0.05) is 13.2 Å². The van der Waals surface area contributed by atoms with E-state index < -0.39 is 0 Å². The highest BCUT2D eigenvalue weighted by Gasteiger charge is 2.40. The van der Waals surface area contributed by atoms with E-state index in [1.807, 2.05) is 0 Å². The Bertz CT molecular complexity index is 184. The second-order valence-corrected chi connectivity index (χ2v) is 5.40. The molecule has 1 saturated heterocycles. The van der Waals surface area contributed by atoms with E-state index in [1.54, 1.807) is 25.7 Å². The smallest absolute Gasteiger partial charge is 0.0495 e. The fourth-order valence-electron chi connectivity index (χ4n) is 3.86. The molecule has 0 radical (unpaired) electrons. The molecule has 0 spiro atoms. The van der Waals surface area contributed by atoms with E-state index in [1.165, 1.54) is 12.8 Å². The standard InChI is InChI=1S/C12H20O/c1-2-11-5-9(1)6-12(11)7-10-3-4-13-8-10/h9-12H,1-8H2. The first-order chi connectivity index (χ1) is 6.42. The molecule has 1 aliphatic heterocycles. The van der Waals surface area contributed by atoms with Gasteiger partial charge in [0.1, 0.15) is 0 Å². The predicted octanol–water partition coefficient (Wildman–Crippen LogP) is 2.85. The average molecular weight is 180 g/mol. The summed E-state index contributed by atoms with van der Waals surface area (Å²) in [5.74, 6) is 4.25.